The van der Waals surface area contributed by atoms with Gasteiger partial charge in [-0.25, -0.2) is 0 Å². The maximum absolute atomic E-state index is 12.4. The summed E-state index contributed by atoms with van der Waals surface area (Å²) in [6, 6.07) is 19.3. The van der Waals surface area contributed by atoms with Crippen LogP contribution in [0.5, 0.6) is 0 Å². The van der Waals surface area contributed by atoms with E-state index in [1.807, 2.05) is 60.7 Å². The molecule has 0 aromatic heterocycles. The van der Waals surface area contributed by atoms with Crippen LogP contribution in [0.25, 0.3) is 0 Å². The van der Waals surface area contributed by atoms with Crippen LogP contribution in [0.4, 0.5) is 0 Å². The van der Waals surface area contributed by atoms with Crippen LogP contribution in [0.1, 0.15) is 5.56 Å². The number of benzene rings is 2. The minimum Gasteiger partial charge on any atom is -0.289 e. The van der Waals surface area contributed by atoms with E-state index in [0.717, 1.165) is 10.9 Å². The summed E-state index contributed by atoms with van der Waals surface area (Å²) in [6.07, 6.45) is 0.576. The zero-order valence-electron chi connectivity index (χ0n) is 10.5. The van der Waals surface area contributed by atoms with Crippen molar-refractivity contribution in [2.75, 3.05) is 0 Å². The smallest absolute Gasteiger partial charge is 0.253 e. The van der Waals surface area contributed by atoms with Crippen molar-refractivity contribution in [2.45, 2.75) is 9.95 Å². The number of hydrogen-bond acceptors (Lipinski definition) is 1. The molecular formula is C15H12Cl3OP. The third-order valence-electron chi connectivity index (χ3n) is 2.74. The summed E-state index contributed by atoms with van der Waals surface area (Å²) in [7, 11) is -1.22. The average molecular weight is 346 g/mol. The molecule has 0 saturated carbocycles. The van der Waals surface area contributed by atoms with Gasteiger partial charge in [0.25, 0.3) is 3.79 Å². The number of rotatable bonds is 4. The molecule has 2 aromatic carbocycles. The molecule has 20 heavy (non-hydrogen) atoms. The van der Waals surface area contributed by atoms with Gasteiger partial charge in [0.15, 0.2) is 0 Å². The van der Waals surface area contributed by atoms with Crippen LogP contribution in [0.3, 0.4) is 0 Å². The molecule has 0 saturated heterocycles. The van der Waals surface area contributed by atoms with E-state index in [0.29, 0.717) is 6.16 Å². The Morgan fingerprint density at radius 2 is 1.40 bits per heavy atom. The highest BCUT2D eigenvalue weighted by atomic mass is 35.6. The number of carbonyl (C=O) groups is 1. The molecule has 2 aromatic rings. The Bertz CT molecular complexity index is 567. The fourth-order valence-electron chi connectivity index (χ4n) is 1.81. The molecule has 1 nitrogen and oxygen atoms in total. The number of carbonyl (C=O) groups excluding carboxylic acids is 1. The molecule has 0 aliphatic carbocycles. The maximum Gasteiger partial charge on any atom is 0.253 e. The van der Waals surface area contributed by atoms with Crippen LogP contribution in [0.2, 0.25) is 0 Å². The minimum absolute atomic E-state index is 0.340. The molecule has 2 rings (SSSR count). The van der Waals surface area contributed by atoms with Crippen molar-refractivity contribution >= 4 is 53.6 Å². The molecule has 0 amide bonds. The van der Waals surface area contributed by atoms with Gasteiger partial charge in [-0.15, -0.1) is 0 Å². The molecular weight excluding hydrogens is 333 g/mol. The Morgan fingerprint density at radius 3 is 1.90 bits per heavy atom. The van der Waals surface area contributed by atoms with Gasteiger partial charge in [-0.3, -0.25) is 4.79 Å². The van der Waals surface area contributed by atoms with Gasteiger partial charge in [0.05, 0.1) is 0 Å². The number of hydrogen-bond donors (Lipinski definition) is 0. The van der Waals surface area contributed by atoms with Crippen LogP contribution in [0, 0.1) is 0 Å². The Labute approximate surface area is 134 Å². The van der Waals surface area contributed by atoms with Crippen LogP contribution in [0.15, 0.2) is 60.7 Å². The van der Waals surface area contributed by atoms with E-state index in [1.54, 1.807) is 0 Å². The van der Waals surface area contributed by atoms with Crippen molar-refractivity contribution in [1.29, 1.82) is 0 Å². The lowest BCUT2D eigenvalue weighted by molar-refractivity contribution is -0.110. The molecule has 5 heteroatoms. The average Bonchev–Trinajstić information content (AvgIpc) is 2.45. The van der Waals surface area contributed by atoms with Crippen molar-refractivity contribution in [2.24, 2.45) is 0 Å². The van der Waals surface area contributed by atoms with Gasteiger partial charge in [-0.2, -0.15) is 0 Å². The van der Waals surface area contributed by atoms with Gasteiger partial charge >= 0.3 is 0 Å². The fraction of sp³-hybridized carbons (Fsp3) is 0.133. The SMILES string of the molecule is O=C(P(Cc1ccccc1)c1ccccc1)C(Cl)(Cl)Cl. The highest BCUT2D eigenvalue weighted by molar-refractivity contribution is 7.81. The normalized spacial score (nSPS) is 12.9. The molecule has 1 atom stereocenters. The topological polar surface area (TPSA) is 17.1 Å². The second-order valence-electron chi connectivity index (χ2n) is 4.21. The molecule has 0 radical (unpaired) electrons. The van der Waals surface area contributed by atoms with Crippen molar-refractivity contribution in [3.05, 3.63) is 66.2 Å². The van der Waals surface area contributed by atoms with E-state index in [-0.39, 0.29) is 5.52 Å². The van der Waals surface area contributed by atoms with Crippen LogP contribution in [-0.2, 0) is 11.0 Å². The van der Waals surface area contributed by atoms with E-state index in [2.05, 4.69) is 0 Å². The second-order valence-corrected chi connectivity index (χ2v) is 8.59. The van der Waals surface area contributed by atoms with E-state index in [1.165, 1.54) is 0 Å². The lowest BCUT2D eigenvalue weighted by Gasteiger charge is -2.20. The first kappa shape index (κ1) is 15.8. The zero-order valence-corrected chi connectivity index (χ0v) is 13.6. The summed E-state index contributed by atoms with van der Waals surface area (Å²) in [4.78, 5) is 12.4. The third kappa shape index (κ3) is 4.20. The summed E-state index contributed by atoms with van der Waals surface area (Å²) in [5, 5.41) is 0.919. The number of alkyl halides is 3. The largest absolute Gasteiger partial charge is 0.289 e. The van der Waals surface area contributed by atoms with Crippen molar-refractivity contribution in [1.82, 2.24) is 0 Å². The molecule has 0 bridgehead atoms. The molecule has 0 heterocycles. The lowest BCUT2D eigenvalue weighted by atomic mass is 10.2. The predicted molar refractivity (Wildman–Crippen MR) is 88.4 cm³/mol. The van der Waals surface area contributed by atoms with Crippen molar-refractivity contribution in [3.8, 4) is 0 Å². The highest BCUT2D eigenvalue weighted by Gasteiger charge is 2.37. The molecule has 0 spiro atoms. The summed E-state index contributed by atoms with van der Waals surface area (Å²) in [5.74, 6) is 0. The Balaban J connectivity index is 2.33. The second kappa shape index (κ2) is 6.91. The quantitative estimate of drug-likeness (QED) is 0.569. The van der Waals surface area contributed by atoms with Gasteiger partial charge in [0.2, 0.25) is 5.52 Å². The Kier molecular flexibility index (Phi) is 5.46. The fourth-order valence-corrected chi connectivity index (χ4v) is 4.70. The predicted octanol–water partition coefficient (Wildman–Crippen LogP) is 4.89. The molecule has 0 aliphatic heterocycles. The summed E-state index contributed by atoms with van der Waals surface area (Å²) in [5.41, 5.74) is 0.720. The molecule has 0 N–H and O–H groups in total. The van der Waals surface area contributed by atoms with E-state index >= 15 is 0 Å². The molecule has 0 fully saturated rings. The van der Waals surface area contributed by atoms with Crippen LogP contribution >= 0.6 is 42.7 Å². The summed E-state index contributed by atoms with van der Waals surface area (Å²) >= 11 is 17.4. The maximum atomic E-state index is 12.4. The first-order valence-corrected chi connectivity index (χ1v) is 8.62. The van der Waals surface area contributed by atoms with Gasteiger partial charge in [0, 0.05) is 14.1 Å². The minimum atomic E-state index is -1.88. The first-order valence-electron chi connectivity index (χ1n) is 5.96. The molecule has 104 valence electrons. The van der Waals surface area contributed by atoms with Crippen LogP contribution < -0.4 is 5.30 Å². The lowest BCUT2D eigenvalue weighted by Crippen LogP contribution is -2.22. The van der Waals surface area contributed by atoms with Crippen LogP contribution in [-0.4, -0.2) is 9.32 Å². The summed E-state index contributed by atoms with van der Waals surface area (Å²) in [6.45, 7) is 0. The Hall–Kier alpha value is -0.590. The van der Waals surface area contributed by atoms with E-state index in [4.69, 9.17) is 34.8 Å². The van der Waals surface area contributed by atoms with Crippen molar-refractivity contribution < 1.29 is 4.79 Å². The Morgan fingerprint density at radius 1 is 0.900 bits per heavy atom. The number of halogens is 3. The molecule has 1 unspecified atom stereocenters. The summed E-state index contributed by atoms with van der Waals surface area (Å²) < 4.78 is -1.88. The van der Waals surface area contributed by atoms with E-state index in [9.17, 15) is 4.79 Å². The molecule has 0 aliphatic rings. The third-order valence-corrected chi connectivity index (χ3v) is 6.08. The standard InChI is InChI=1S/C15H12Cl3OP/c16-15(17,18)14(19)20(13-9-5-2-6-10-13)11-12-7-3-1-4-8-12/h1-10H,11H2. The van der Waals surface area contributed by atoms with Gasteiger partial charge in [0.1, 0.15) is 0 Å². The zero-order chi connectivity index (χ0) is 14.6. The van der Waals surface area contributed by atoms with Crippen molar-refractivity contribution in [3.63, 3.8) is 0 Å². The van der Waals surface area contributed by atoms with Gasteiger partial charge in [-0.1, -0.05) is 95.5 Å². The first-order chi connectivity index (χ1) is 9.48. The van der Waals surface area contributed by atoms with E-state index < -0.39 is 11.7 Å². The monoisotopic (exact) mass is 344 g/mol. The highest BCUT2D eigenvalue weighted by Crippen LogP contribution is 2.48. The van der Waals surface area contributed by atoms with Gasteiger partial charge < -0.3 is 0 Å². The van der Waals surface area contributed by atoms with Gasteiger partial charge in [-0.05, 0) is 10.9 Å².